The molecule has 8 nitrogen and oxygen atoms in total. The fourth-order valence-corrected chi connectivity index (χ4v) is 3.67. The summed E-state index contributed by atoms with van der Waals surface area (Å²) in [5.74, 6) is 0.532. The summed E-state index contributed by atoms with van der Waals surface area (Å²) < 4.78 is 6.38. The molecule has 0 fully saturated rings. The molecule has 32 heavy (non-hydrogen) atoms. The molecule has 0 saturated heterocycles. The highest BCUT2D eigenvalue weighted by Gasteiger charge is 2.18. The molecule has 0 aliphatic carbocycles. The van der Waals surface area contributed by atoms with Crippen LogP contribution in [0.1, 0.15) is 21.5 Å². The lowest BCUT2D eigenvalue weighted by Gasteiger charge is -2.18. The van der Waals surface area contributed by atoms with Crippen LogP contribution < -0.4 is 21.9 Å². The van der Waals surface area contributed by atoms with Crippen LogP contribution in [0.25, 0.3) is 0 Å². The first-order valence-electron chi connectivity index (χ1n) is 10.1. The maximum Gasteiger partial charge on any atom is 0.330 e. The highest BCUT2D eigenvalue weighted by molar-refractivity contribution is 7.97. The van der Waals surface area contributed by atoms with Crippen molar-refractivity contribution in [1.82, 2.24) is 9.55 Å². The van der Waals surface area contributed by atoms with E-state index in [2.05, 4.69) is 15.6 Å². The predicted octanol–water partition coefficient (Wildman–Crippen LogP) is 2.91. The largest absolute Gasteiger partial charge is 0.383 e. The number of aromatic amines is 1. The van der Waals surface area contributed by atoms with Crippen LogP contribution in [-0.4, -0.2) is 35.4 Å². The SMILES string of the molecule is COCCn1c(NC(=O)c2ccc(CSC)cc2)c(NCc2ccccc2)c(=O)[nH]c1=O. The van der Waals surface area contributed by atoms with Crippen LogP contribution in [0.4, 0.5) is 11.5 Å². The monoisotopic (exact) mass is 454 g/mol. The van der Waals surface area contributed by atoms with E-state index >= 15 is 0 Å². The molecule has 0 bridgehead atoms. The van der Waals surface area contributed by atoms with Gasteiger partial charge in [-0.1, -0.05) is 42.5 Å². The van der Waals surface area contributed by atoms with Gasteiger partial charge in [0, 0.05) is 25.0 Å². The fourth-order valence-electron chi connectivity index (χ4n) is 3.15. The van der Waals surface area contributed by atoms with Gasteiger partial charge in [-0.05, 0) is 29.5 Å². The number of benzene rings is 2. The van der Waals surface area contributed by atoms with Crippen molar-refractivity contribution in [2.45, 2.75) is 18.8 Å². The zero-order valence-corrected chi connectivity index (χ0v) is 18.8. The molecule has 1 heterocycles. The molecule has 1 aromatic heterocycles. The molecule has 0 unspecified atom stereocenters. The van der Waals surface area contributed by atoms with E-state index in [1.54, 1.807) is 23.9 Å². The Bertz CT molecular complexity index is 1160. The number of nitrogens with zero attached hydrogens (tertiary/aromatic N) is 1. The summed E-state index contributed by atoms with van der Waals surface area (Å²) in [5.41, 5.74) is 1.36. The summed E-state index contributed by atoms with van der Waals surface area (Å²) in [7, 11) is 1.51. The smallest absolute Gasteiger partial charge is 0.330 e. The van der Waals surface area contributed by atoms with Gasteiger partial charge in [-0.2, -0.15) is 11.8 Å². The molecule has 9 heteroatoms. The van der Waals surface area contributed by atoms with Gasteiger partial charge in [0.05, 0.1) is 13.2 Å². The van der Waals surface area contributed by atoms with Crippen LogP contribution >= 0.6 is 11.8 Å². The molecular weight excluding hydrogens is 428 g/mol. The van der Waals surface area contributed by atoms with E-state index in [0.717, 1.165) is 16.9 Å². The highest BCUT2D eigenvalue weighted by Crippen LogP contribution is 2.18. The minimum Gasteiger partial charge on any atom is -0.383 e. The van der Waals surface area contributed by atoms with Crippen molar-refractivity contribution in [3.63, 3.8) is 0 Å². The van der Waals surface area contributed by atoms with E-state index in [1.807, 2.05) is 48.7 Å². The highest BCUT2D eigenvalue weighted by atomic mass is 32.2. The maximum absolute atomic E-state index is 13.0. The van der Waals surface area contributed by atoms with Gasteiger partial charge in [-0.15, -0.1) is 0 Å². The quantitative estimate of drug-likeness (QED) is 0.435. The average Bonchev–Trinajstić information content (AvgIpc) is 2.80. The molecule has 168 valence electrons. The Morgan fingerprint density at radius 2 is 1.78 bits per heavy atom. The Kier molecular flexibility index (Phi) is 8.29. The number of amides is 1. The van der Waals surface area contributed by atoms with Crippen molar-refractivity contribution in [3.05, 3.63) is 92.1 Å². The van der Waals surface area contributed by atoms with Crippen molar-refractivity contribution in [3.8, 4) is 0 Å². The maximum atomic E-state index is 13.0. The first-order chi connectivity index (χ1) is 15.5. The lowest BCUT2D eigenvalue weighted by molar-refractivity contribution is 0.102. The van der Waals surface area contributed by atoms with Gasteiger partial charge in [-0.3, -0.25) is 19.1 Å². The zero-order chi connectivity index (χ0) is 22.9. The molecule has 0 aliphatic rings. The fraction of sp³-hybridized carbons (Fsp3) is 0.261. The Labute approximate surface area is 190 Å². The van der Waals surface area contributed by atoms with Gasteiger partial charge in [0.2, 0.25) is 0 Å². The van der Waals surface area contributed by atoms with Crippen LogP contribution in [0.3, 0.4) is 0 Å². The summed E-state index contributed by atoms with van der Waals surface area (Å²) in [6.07, 6.45) is 2.01. The Balaban J connectivity index is 1.95. The molecular formula is C23H26N4O4S. The lowest BCUT2D eigenvalue weighted by Crippen LogP contribution is -2.36. The normalized spacial score (nSPS) is 10.7. The van der Waals surface area contributed by atoms with Gasteiger partial charge in [0.15, 0.2) is 0 Å². The molecule has 3 rings (SSSR count). The van der Waals surface area contributed by atoms with Crippen LogP contribution in [0.5, 0.6) is 0 Å². The van der Waals surface area contributed by atoms with Crippen molar-refractivity contribution in [2.75, 3.05) is 30.6 Å². The number of methoxy groups -OCH3 is 1. The topological polar surface area (TPSA) is 105 Å². The Morgan fingerprint density at radius 1 is 1.06 bits per heavy atom. The van der Waals surface area contributed by atoms with Crippen molar-refractivity contribution in [2.24, 2.45) is 0 Å². The van der Waals surface area contributed by atoms with Crippen molar-refractivity contribution >= 4 is 29.2 Å². The van der Waals surface area contributed by atoms with Gasteiger partial charge in [0.1, 0.15) is 11.5 Å². The second-order valence-corrected chi connectivity index (χ2v) is 7.92. The van der Waals surface area contributed by atoms with E-state index in [9.17, 15) is 14.4 Å². The van der Waals surface area contributed by atoms with Crippen LogP contribution in [0.2, 0.25) is 0 Å². The number of hydrogen-bond acceptors (Lipinski definition) is 6. The third-order valence-corrected chi connectivity index (χ3v) is 5.41. The van der Waals surface area contributed by atoms with Crippen LogP contribution in [0.15, 0.2) is 64.2 Å². The van der Waals surface area contributed by atoms with E-state index in [-0.39, 0.29) is 24.7 Å². The first-order valence-corrected chi connectivity index (χ1v) is 11.5. The molecule has 3 aromatic rings. The number of nitrogens with one attached hydrogen (secondary N) is 3. The standard InChI is InChI=1S/C23H26N4O4S/c1-31-13-12-27-20(25-21(28)18-10-8-17(9-11-18)15-32-2)19(22(29)26-23(27)30)24-14-16-6-4-3-5-7-16/h3-11,24H,12-15H2,1-2H3,(H,25,28)(H,26,29,30). The predicted molar refractivity (Wildman–Crippen MR) is 129 cm³/mol. The van der Waals surface area contributed by atoms with E-state index in [1.165, 1.54) is 11.7 Å². The number of rotatable bonds is 10. The van der Waals surface area contributed by atoms with Crippen LogP contribution in [-0.2, 0) is 23.6 Å². The zero-order valence-electron chi connectivity index (χ0n) is 18.0. The number of thioether (sulfide) groups is 1. The second-order valence-electron chi connectivity index (χ2n) is 7.05. The van der Waals surface area contributed by atoms with Gasteiger partial charge < -0.3 is 15.4 Å². The first kappa shape index (κ1) is 23.4. The molecule has 3 N–H and O–H groups in total. The van der Waals surface area contributed by atoms with Crippen LogP contribution in [0, 0.1) is 0 Å². The van der Waals surface area contributed by atoms with E-state index in [4.69, 9.17) is 4.74 Å². The number of H-pyrrole nitrogens is 1. The summed E-state index contributed by atoms with van der Waals surface area (Å²) in [5, 5.41) is 5.82. The third-order valence-electron chi connectivity index (χ3n) is 4.79. The van der Waals surface area contributed by atoms with Gasteiger partial charge in [-0.25, -0.2) is 4.79 Å². The summed E-state index contributed by atoms with van der Waals surface area (Å²) >= 11 is 1.69. The minimum atomic E-state index is -0.622. The number of ether oxygens (including phenoxy) is 1. The van der Waals surface area contributed by atoms with E-state index in [0.29, 0.717) is 12.1 Å². The molecule has 0 spiro atoms. The van der Waals surface area contributed by atoms with E-state index < -0.39 is 17.2 Å². The van der Waals surface area contributed by atoms with Gasteiger partial charge >= 0.3 is 5.69 Å². The summed E-state index contributed by atoms with van der Waals surface area (Å²) in [4.78, 5) is 40.4. The lowest BCUT2D eigenvalue weighted by atomic mass is 10.1. The molecule has 1 amide bonds. The number of anilines is 2. The summed E-state index contributed by atoms with van der Waals surface area (Å²) in [6.45, 7) is 0.739. The third kappa shape index (κ3) is 5.89. The molecule has 0 atom stereocenters. The number of aromatic nitrogens is 2. The number of carbonyl (C=O) groups excluding carboxylic acids is 1. The summed E-state index contributed by atoms with van der Waals surface area (Å²) in [6, 6.07) is 16.7. The Hall–Kier alpha value is -3.30. The Morgan fingerprint density at radius 3 is 2.44 bits per heavy atom. The second kappa shape index (κ2) is 11.4. The van der Waals surface area contributed by atoms with Crippen molar-refractivity contribution < 1.29 is 9.53 Å². The average molecular weight is 455 g/mol. The number of carbonyl (C=O) groups is 1. The van der Waals surface area contributed by atoms with Gasteiger partial charge in [0.25, 0.3) is 11.5 Å². The van der Waals surface area contributed by atoms with Crippen molar-refractivity contribution in [1.29, 1.82) is 0 Å². The number of hydrogen-bond donors (Lipinski definition) is 3. The molecule has 0 saturated carbocycles. The molecule has 0 aliphatic heterocycles. The molecule has 0 radical (unpaired) electrons. The molecule has 2 aromatic carbocycles. The minimum absolute atomic E-state index is 0.102.